The summed E-state index contributed by atoms with van der Waals surface area (Å²) in [5.41, 5.74) is -0.689. The number of anilines is 2. The number of benzene rings is 2. The van der Waals surface area contributed by atoms with Crippen molar-refractivity contribution < 1.29 is 32.4 Å². The minimum Gasteiger partial charge on any atom is -0.497 e. The predicted molar refractivity (Wildman–Crippen MR) is 98.3 cm³/mol. The van der Waals surface area contributed by atoms with Gasteiger partial charge in [-0.25, -0.2) is 0 Å². The van der Waals surface area contributed by atoms with Crippen molar-refractivity contribution in [2.45, 2.75) is 6.18 Å². The van der Waals surface area contributed by atoms with Crippen LogP contribution in [0.5, 0.6) is 5.75 Å². The lowest BCUT2D eigenvalue weighted by atomic mass is 10.1. The minimum atomic E-state index is -4.57. The Bertz CT molecular complexity index is 840. The number of amides is 2. The van der Waals surface area contributed by atoms with Crippen LogP contribution < -0.4 is 20.3 Å². The molecule has 2 aromatic rings. The summed E-state index contributed by atoms with van der Waals surface area (Å²) in [6.45, 7) is -0.205. The largest absolute Gasteiger partial charge is 0.497 e. The van der Waals surface area contributed by atoms with E-state index in [1.54, 1.807) is 31.3 Å². The zero-order valence-electron chi connectivity index (χ0n) is 15.4. The van der Waals surface area contributed by atoms with E-state index in [2.05, 4.69) is 10.6 Å². The second-order valence-corrected chi connectivity index (χ2v) is 6.18. The van der Waals surface area contributed by atoms with Crippen LogP contribution in [0.4, 0.5) is 24.5 Å². The summed E-state index contributed by atoms with van der Waals surface area (Å²) in [6, 6.07) is 11.5. The zero-order chi connectivity index (χ0) is 20.7. The van der Waals surface area contributed by atoms with Crippen LogP contribution >= 0.6 is 0 Å². The van der Waals surface area contributed by atoms with E-state index in [1.807, 2.05) is 0 Å². The maximum absolute atomic E-state index is 13.0. The monoisotopic (exact) mass is 396 g/mol. The van der Waals surface area contributed by atoms with Crippen molar-refractivity contribution in [2.75, 3.05) is 37.9 Å². The lowest BCUT2D eigenvalue weighted by Crippen LogP contribution is -3.11. The molecule has 0 fully saturated rings. The summed E-state index contributed by atoms with van der Waals surface area (Å²) in [6.07, 6.45) is -4.57. The Morgan fingerprint density at radius 3 is 2.29 bits per heavy atom. The van der Waals surface area contributed by atoms with E-state index in [1.165, 1.54) is 25.3 Å². The number of quaternary nitrogens is 1. The van der Waals surface area contributed by atoms with Crippen LogP contribution in [0, 0.1) is 0 Å². The Hall–Kier alpha value is -3.07. The molecule has 0 saturated heterocycles. The highest BCUT2D eigenvalue weighted by molar-refractivity contribution is 5.93. The molecule has 2 amide bonds. The molecule has 3 N–H and O–H groups in total. The molecular weight excluding hydrogens is 375 g/mol. The normalized spacial score (nSPS) is 12.2. The highest BCUT2D eigenvalue weighted by atomic mass is 19.4. The van der Waals surface area contributed by atoms with E-state index in [0.29, 0.717) is 16.3 Å². The number of carbonyl (C=O) groups is 2. The average molecular weight is 396 g/mol. The molecule has 2 rings (SSSR count). The third-order valence-electron chi connectivity index (χ3n) is 3.78. The van der Waals surface area contributed by atoms with E-state index in [9.17, 15) is 22.8 Å². The van der Waals surface area contributed by atoms with Gasteiger partial charge >= 0.3 is 6.18 Å². The number of methoxy groups -OCH3 is 1. The first-order valence-electron chi connectivity index (χ1n) is 8.40. The van der Waals surface area contributed by atoms with Gasteiger partial charge in [0.05, 0.1) is 25.4 Å². The van der Waals surface area contributed by atoms with Gasteiger partial charge in [0.1, 0.15) is 5.75 Å². The number of alkyl halides is 3. The number of halogens is 3. The summed E-state index contributed by atoms with van der Waals surface area (Å²) in [7, 11) is 3.11. The van der Waals surface area contributed by atoms with Gasteiger partial charge in [-0.1, -0.05) is 18.2 Å². The molecular formula is C19H21F3N3O3+. The third kappa shape index (κ3) is 6.27. The molecule has 28 heavy (non-hydrogen) atoms. The molecule has 0 aliphatic rings. The summed E-state index contributed by atoms with van der Waals surface area (Å²) in [5.74, 6) is -0.376. The Morgan fingerprint density at radius 1 is 1.00 bits per heavy atom. The van der Waals surface area contributed by atoms with E-state index in [0.717, 1.165) is 6.07 Å². The van der Waals surface area contributed by atoms with Crippen LogP contribution in [0.25, 0.3) is 0 Å². The summed E-state index contributed by atoms with van der Waals surface area (Å²) < 4.78 is 44.0. The van der Waals surface area contributed by atoms with Crippen LogP contribution in [0.3, 0.4) is 0 Å². The third-order valence-corrected chi connectivity index (χ3v) is 3.78. The van der Waals surface area contributed by atoms with Gasteiger partial charge < -0.3 is 20.3 Å². The van der Waals surface area contributed by atoms with Crippen molar-refractivity contribution >= 4 is 23.2 Å². The number of rotatable bonds is 7. The number of hydrogen-bond donors (Lipinski definition) is 3. The highest BCUT2D eigenvalue weighted by Gasteiger charge is 2.33. The topological polar surface area (TPSA) is 71.9 Å². The van der Waals surface area contributed by atoms with Crippen molar-refractivity contribution in [1.82, 2.24) is 0 Å². The highest BCUT2D eigenvalue weighted by Crippen LogP contribution is 2.34. The SMILES string of the molecule is COc1cccc(NC(=O)C[NH+](C)CC(=O)Nc2ccccc2C(F)(F)F)c1. The quantitative estimate of drug-likeness (QED) is 0.669. The number of ether oxygens (including phenoxy) is 1. The maximum Gasteiger partial charge on any atom is 0.418 e. The van der Waals surface area contributed by atoms with Crippen molar-refractivity contribution in [1.29, 1.82) is 0 Å². The van der Waals surface area contributed by atoms with Crippen molar-refractivity contribution in [3.05, 3.63) is 54.1 Å². The number of hydrogen-bond acceptors (Lipinski definition) is 3. The molecule has 150 valence electrons. The predicted octanol–water partition coefficient (Wildman–Crippen LogP) is 1.81. The molecule has 0 aromatic heterocycles. The minimum absolute atomic E-state index is 0.0362. The van der Waals surface area contributed by atoms with Crippen LogP contribution in [-0.2, 0) is 15.8 Å². The molecule has 0 aliphatic carbocycles. The van der Waals surface area contributed by atoms with Crippen molar-refractivity contribution in [3.63, 3.8) is 0 Å². The fourth-order valence-electron chi connectivity index (χ4n) is 2.55. The number of nitrogens with one attached hydrogen (secondary N) is 3. The zero-order valence-corrected chi connectivity index (χ0v) is 15.4. The molecule has 0 aliphatic heterocycles. The Labute approximate surface area is 160 Å². The van der Waals surface area contributed by atoms with Gasteiger partial charge in [-0.05, 0) is 24.3 Å². The lowest BCUT2D eigenvalue weighted by molar-refractivity contribution is -0.862. The van der Waals surface area contributed by atoms with Crippen molar-refractivity contribution in [2.24, 2.45) is 0 Å². The van der Waals surface area contributed by atoms with Gasteiger partial charge in [-0.15, -0.1) is 0 Å². The Kier molecular flexibility index (Phi) is 7.00. The number of likely N-dealkylation sites (N-methyl/N-ethyl adjacent to an activating group) is 1. The van der Waals surface area contributed by atoms with Crippen LogP contribution in [-0.4, -0.2) is 39.1 Å². The van der Waals surface area contributed by atoms with E-state index < -0.39 is 17.6 Å². The van der Waals surface area contributed by atoms with Crippen LogP contribution in [0.2, 0.25) is 0 Å². The van der Waals surface area contributed by atoms with Gasteiger partial charge in [-0.2, -0.15) is 13.2 Å². The Balaban J connectivity index is 1.90. The molecule has 0 heterocycles. The second-order valence-electron chi connectivity index (χ2n) is 6.18. The van der Waals surface area contributed by atoms with E-state index >= 15 is 0 Å². The molecule has 1 atom stereocenters. The molecule has 1 unspecified atom stereocenters. The summed E-state index contributed by atoms with van der Waals surface area (Å²) in [5, 5.41) is 4.94. The standard InChI is InChI=1S/C19H20F3N3O3/c1-25(11-17(26)23-13-6-5-7-14(10-13)28-2)12-18(27)24-16-9-4-3-8-15(16)19(20,21)22/h3-10H,11-12H2,1-2H3,(H,23,26)(H,24,27)/p+1. The summed E-state index contributed by atoms with van der Waals surface area (Å²) in [4.78, 5) is 24.7. The van der Waals surface area contributed by atoms with Crippen LogP contribution in [0.1, 0.15) is 5.56 Å². The van der Waals surface area contributed by atoms with Gasteiger partial charge in [-0.3, -0.25) is 9.59 Å². The smallest absolute Gasteiger partial charge is 0.418 e. The second kappa shape index (κ2) is 9.23. The van der Waals surface area contributed by atoms with Gasteiger partial charge in [0.25, 0.3) is 11.8 Å². The fourth-order valence-corrected chi connectivity index (χ4v) is 2.55. The van der Waals surface area contributed by atoms with Crippen LogP contribution in [0.15, 0.2) is 48.5 Å². The molecule has 0 spiro atoms. The summed E-state index contributed by atoms with van der Waals surface area (Å²) >= 11 is 0. The molecule has 6 nitrogen and oxygen atoms in total. The first kappa shape index (κ1) is 21.2. The first-order chi connectivity index (χ1) is 13.2. The van der Waals surface area contributed by atoms with Gasteiger partial charge in [0, 0.05) is 11.8 Å². The fraction of sp³-hybridized carbons (Fsp3) is 0.263. The number of para-hydroxylation sites is 1. The maximum atomic E-state index is 13.0. The van der Waals surface area contributed by atoms with Gasteiger partial charge in [0.2, 0.25) is 0 Å². The molecule has 2 aromatic carbocycles. The van der Waals surface area contributed by atoms with Gasteiger partial charge in [0.15, 0.2) is 13.1 Å². The molecule has 9 heteroatoms. The Morgan fingerprint density at radius 2 is 1.64 bits per heavy atom. The van der Waals surface area contributed by atoms with E-state index in [-0.39, 0.29) is 24.7 Å². The van der Waals surface area contributed by atoms with E-state index in [4.69, 9.17) is 4.74 Å². The number of carbonyl (C=O) groups excluding carboxylic acids is 2. The van der Waals surface area contributed by atoms with Crippen molar-refractivity contribution in [3.8, 4) is 5.75 Å². The molecule has 0 saturated carbocycles. The molecule has 0 bridgehead atoms. The first-order valence-corrected chi connectivity index (χ1v) is 8.40. The molecule has 0 radical (unpaired) electrons. The average Bonchev–Trinajstić information content (AvgIpc) is 2.60. The lowest BCUT2D eigenvalue weighted by Gasteiger charge is -2.16.